The Bertz CT molecular complexity index is 239. The molecule has 4 bridgehead atoms. The Morgan fingerprint density at radius 1 is 1.06 bits per heavy atom. The van der Waals surface area contributed by atoms with Crippen molar-refractivity contribution in [2.75, 3.05) is 13.4 Å². The van der Waals surface area contributed by atoms with Crippen LogP contribution in [-0.2, 0) is 14.3 Å². The Hall–Kier alpha value is -0.570. The molecule has 0 aromatic heterocycles. The fourth-order valence-electron chi connectivity index (χ4n) is 4.80. The molecule has 0 aromatic carbocycles. The summed E-state index contributed by atoms with van der Waals surface area (Å²) in [5.41, 5.74) is 0.432. The van der Waals surface area contributed by atoms with Gasteiger partial charge in [0.25, 0.3) is 6.47 Å². The molecule has 4 saturated carbocycles. The summed E-state index contributed by atoms with van der Waals surface area (Å²) in [6.07, 6.45) is 8.43. The molecule has 0 spiro atoms. The Kier molecular flexibility index (Phi) is 2.66. The highest BCUT2D eigenvalue weighted by molar-refractivity contribution is 5.36. The van der Waals surface area contributed by atoms with Gasteiger partial charge in [0.05, 0.1) is 6.61 Å². The van der Waals surface area contributed by atoms with Crippen molar-refractivity contribution in [3.8, 4) is 0 Å². The summed E-state index contributed by atoms with van der Waals surface area (Å²) in [4.78, 5) is 10.0. The molecule has 0 radical (unpaired) electrons. The van der Waals surface area contributed by atoms with Crippen molar-refractivity contribution >= 4 is 6.47 Å². The van der Waals surface area contributed by atoms with Crippen LogP contribution in [0.2, 0.25) is 0 Å². The number of carbonyl (C=O) groups excluding carboxylic acids is 1. The molecule has 0 amide bonds. The van der Waals surface area contributed by atoms with Gasteiger partial charge < -0.3 is 9.47 Å². The average Bonchev–Trinajstić information content (AvgIpc) is 2.22. The van der Waals surface area contributed by atoms with Crippen LogP contribution in [0.15, 0.2) is 0 Å². The van der Waals surface area contributed by atoms with Crippen molar-refractivity contribution in [2.24, 2.45) is 23.2 Å². The Morgan fingerprint density at radius 3 is 2.12 bits per heavy atom. The van der Waals surface area contributed by atoms with E-state index in [0.717, 1.165) is 24.4 Å². The van der Waals surface area contributed by atoms with E-state index in [-0.39, 0.29) is 6.79 Å². The van der Waals surface area contributed by atoms with E-state index in [1.54, 1.807) is 0 Å². The van der Waals surface area contributed by atoms with E-state index in [1.165, 1.54) is 38.5 Å². The lowest BCUT2D eigenvalue weighted by molar-refractivity contribution is -0.153. The summed E-state index contributed by atoms with van der Waals surface area (Å²) < 4.78 is 10.1. The first-order valence-corrected chi connectivity index (χ1v) is 6.43. The third kappa shape index (κ3) is 1.86. The second-order valence-corrected chi connectivity index (χ2v) is 6.15. The van der Waals surface area contributed by atoms with E-state index in [0.29, 0.717) is 11.9 Å². The molecule has 4 fully saturated rings. The minimum atomic E-state index is 0.130. The van der Waals surface area contributed by atoms with E-state index in [2.05, 4.69) is 4.74 Å². The minimum absolute atomic E-state index is 0.130. The highest BCUT2D eigenvalue weighted by Gasteiger charge is 2.50. The summed E-state index contributed by atoms with van der Waals surface area (Å²) in [6, 6.07) is 0. The van der Waals surface area contributed by atoms with Crippen molar-refractivity contribution in [1.82, 2.24) is 0 Å². The highest BCUT2D eigenvalue weighted by Crippen LogP contribution is 2.59. The Balaban J connectivity index is 1.58. The predicted octanol–water partition coefficient (Wildman–Crippen LogP) is 2.35. The monoisotopic (exact) mass is 224 g/mol. The zero-order valence-electron chi connectivity index (χ0n) is 9.69. The largest absolute Gasteiger partial charge is 0.441 e. The van der Waals surface area contributed by atoms with Crippen LogP contribution in [0.5, 0.6) is 0 Å². The molecule has 16 heavy (non-hydrogen) atoms. The first kappa shape index (κ1) is 10.6. The van der Waals surface area contributed by atoms with Gasteiger partial charge in [0.15, 0.2) is 6.79 Å². The van der Waals surface area contributed by atoms with Gasteiger partial charge in [0.1, 0.15) is 0 Å². The van der Waals surface area contributed by atoms with Crippen molar-refractivity contribution in [3.05, 3.63) is 0 Å². The number of hydrogen-bond donors (Lipinski definition) is 0. The molecular formula is C13H20O3. The molecule has 0 heterocycles. The molecular weight excluding hydrogens is 204 g/mol. The summed E-state index contributed by atoms with van der Waals surface area (Å²) >= 11 is 0. The SMILES string of the molecule is O=COCOCC12CC3CC(CC(C3)C1)C2. The quantitative estimate of drug-likeness (QED) is 0.408. The normalized spacial score (nSPS) is 44.6. The van der Waals surface area contributed by atoms with E-state index < -0.39 is 0 Å². The first-order chi connectivity index (χ1) is 7.80. The maximum absolute atomic E-state index is 10.0. The van der Waals surface area contributed by atoms with Gasteiger partial charge in [-0.15, -0.1) is 0 Å². The molecule has 90 valence electrons. The van der Waals surface area contributed by atoms with Crippen LogP contribution in [0.25, 0.3) is 0 Å². The minimum Gasteiger partial charge on any atom is -0.441 e. The lowest BCUT2D eigenvalue weighted by Crippen LogP contribution is -2.48. The van der Waals surface area contributed by atoms with Crippen molar-refractivity contribution in [3.63, 3.8) is 0 Å². The van der Waals surface area contributed by atoms with Crippen molar-refractivity contribution < 1.29 is 14.3 Å². The summed E-state index contributed by atoms with van der Waals surface area (Å²) in [5, 5.41) is 0. The third-order valence-electron chi connectivity index (χ3n) is 4.79. The maximum Gasteiger partial charge on any atom is 0.295 e. The Morgan fingerprint density at radius 2 is 1.62 bits per heavy atom. The summed E-state index contributed by atoms with van der Waals surface area (Å²) in [6.45, 7) is 1.38. The van der Waals surface area contributed by atoms with Gasteiger partial charge in [-0.05, 0) is 61.7 Å². The maximum atomic E-state index is 10.0. The zero-order valence-corrected chi connectivity index (χ0v) is 9.69. The van der Waals surface area contributed by atoms with Gasteiger partial charge in [-0.3, -0.25) is 4.79 Å². The molecule has 0 atom stereocenters. The standard InChI is InChI=1S/C13H20O3/c14-8-16-9-15-7-13-4-10-1-11(5-13)3-12(2-10)6-13/h8,10-12H,1-7,9H2. The lowest BCUT2D eigenvalue weighted by Gasteiger charge is -2.56. The van der Waals surface area contributed by atoms with Gasteiger partial charge in [-0.2, -0.15) is 0 Å². The van der Waals surface area contributed by atoms with Crippen LogP contribution < -0.4 is 0 Å². The number of carbonyl (C=O) groups is 1. The lowest BCUT2D eigenvalue weighted by atomic mass is 9.50. The van der Waals surface area contributed by atoms with Crippen molar-refractivity contribution in [1.29, 1.82) is 0 Å². The second kappa shape index (κ2) is 4.02. The number of rotatable bonds is 5. The second-order valence-electron chi connectivity index (χ2n) is 6.15. The van der Waals surface area contributed by atoms with Gasteiger partial charge >= 0.3 is 0 Å². The summed E-state index contributed by atoms with van der Waals surface area (Å²) in [7, 11) is 0. The van der Waals surface area contributed by atoms with E-state index in [1.807, 2.05) is 0 Å². The molecule has 0 N–H and O–H groups in total. The van der Waals surface area contributed by atoms with Gasteiger partial charge in [-0.25, -0.2) is 0 Å². The predicted molar refractivity (Wildman–Crippen MR) is 58.6 cm³/mol. The molecule has 3 nitrogen and oxygen atoms in total. The van der Waals surface area contributed by atoms with E-state index >= 15 is 0 Å². The van der Waals surface area contributed by atoms with Gasteiger partial charge in [-0.1, -0.05) is 0 Å². The van der Waals surface area contributed by atoms with Gasteiger partial charge in [0.2, 0.25) is 0 Å². The summed E-state index contributed by atoms with van der Waals surface area (Å²) in [5.74, 6) is 2.88. The van der Waals surface area contributed by atoms with Crippen molar-refractivity contribution in [2.45, 2.75) is 38.5 Å². The number of hydrogen-bond acceptors (Lipinski definition) is 3. The van der Waals surface area contributed by atoms with Gasteiger partial charge in [0, 0.05) is 0 Å². The molecule has 3 heteroatoms. The Labute approximate surface area is 96.5 Å². The van der Waals surface area contributed by atoms with Crippen LogP contribution >= 0.6 is 0 Å². The fourth-order valence-corrected chi connectivity index (χ4v) is 4.80. The van der Waals surface area contributed by atoms with Crippen LogP contribution in [0.4, 0.5) is 0 Å². The fraction of sp³-hybridized carbons (Fsp3) is 0.923. The van der Waals surface area contributed by atoms with Crippen LogP contribution in [0.1, 0.15) is 38.5 Å². The van der Waals surface area contributed by atoms with Crippen LogP contribution in [0, 0.1) is 23.2 Å². The molecule has 0 aliphatic heterocycles. The molecule has 4 aliphatic rings. The van der Waals surface area contributed by atoms with Crippen LogP contribution in [-0.4, -0.2) is 19.9 Å². The number of ether oxygens (including phenoxy) is 2. The highest BCUT2D eigenvalue weighted by atomic mass is 16.7. The zero-order chi connectivity index (χ0) is 11.0. The molecule has 0 unspecified atom stereocenters. The smallest absolute Gasteiger partial charge is 0.295 e. The molecule has 4 aliphatic carbocycles. The molecule has 0 aromatic rings. The third-order valence-corrected chi connectivity index (χ3v) is 4.79. The first-order valence-electron chi connectivity index (χ1n) is 6.43. The molecule has 4 rings (SSSR count). The van der Waals surface area contributed by atoms with E-state index in [4.69, 9.17) is 4.74 Å². The van der Waals surface area contributed by atoms with Crippen LogP contribution in [0.3, 0.4) is 0 Å². The molecule has 0 saturated heterocycles. The topological polar surface area (TPSA) is 35.5 Å². The average molecular weight is 224 g/mol. The van der Waals surface area contributed by atoms with E-state index in [9.17, 15) is 4.79 Å².